The van der Waals surface area contributed by atoms with Gasteiger partial charge in [0.05, 0.1) is 23.0 Å². The second kappa shape index (κ2) is 8.98. The van der Waals surface area contributed by atoms with Crippen LogP contribution in [0.1, 0.15) is 33.6 Å². The maximum Gasteiger partial charge on any atom is 0.252 e. The minimum Gasteiger partial charge on any atom is -0.367 e. The van der Waals surface area contributed by atoms with E-state index in [4.69, 9.17) is 4.98 Å². The molecule has 6 nitrogen and oxygen atoms in total. The molecule has 0 unspecified atom stereocenters. The first kappa shape index (κ1) is 19.9. The van der Waals surface area contributed by atoms with E-state index in [0.717, 1.165) is 46.1 Å². The fourth-order valence-corrected chi connectivity index (χ4v) is 4.13. The predicted molar refractivity (Wildman–Crippen MR) is 127 cm³/mol. The number of hydrogen-bond donors (Lipinski definition) is 2. The summed E-state index contributed by atoms with van der Waals surface area (Å²) in [5.74, 6) is 0.620. The first-order valence-corrected chi connectivity index (χ1v) is 10.8. The van der Waals surface area contributed by atoms with Crippen molar-refractivity contribution in [1.82, 2.24) is 20.3 Å². The van der Waals surface area contributed by atoms with E-state index in [0.29, 0.717) is 18.9 Å². The van der Waals surface area contributed by atoms with Crippen LogP contribution in [0.15, 0.2) is 73.2 Å². The van der Waals surface area contributed by atoms with Crippen molar-refractivity contribution in [3.8, 4) is 0 Å². The standard InChI is InChI=1S/C26H23N5O/c32-26(30-15-14-29-23-17-27-12-13-28-23)24-20-8-4-5-9-22(20)31-25-19(10-11-21(24)25)16-18-6-2-1-3-7-18/h1-9,12-13,16-17H,10-11,14-15H2,(H,28,29)(H,30,32)/b19-16-. The third-order valence-electron chi connectivity index (χ3n) is 5.59. The number of amides is 1. The van der Waals surface area contributed by atoms with Crippen molar-refractivity contribution in [3.63, 3.8) is 0 Å². The summed E-state index contributed by atoms with van der Waals surface area (Å²) in [5.41, 5.74) is 5.87. The topological polar surface area (TPSA) is 79.8 Å². The molecule has 0 spiro atoms. The summed E-state index contributed by atoms with van der Waals surface area (Å²) in [6.45, 7) is 1.04. The highest BCUT2D eigenvalue weighted by Crippen LogP contribution is 2.37. The Hall–Kier alpha value is -4.06. The third-order valence-corrected chi connectivity index (χ3v) is 5.59. The van der Waals surface area contributed by atoms with Gasteiger partial charge < -0.3 is 10.6 Å². The Bertz CT molecular complexity index is 1290. The molecule has 32 heavy (non-hydrogen) atoms. The smallest absolute Gasteiger partial charge is 0.252 e. The van der Waals surface area contributed by atoms with E-state index in [1.807, 2.05) is 42.5 Å². The number of carbonyl (C=O) groups excluding carboxylic acids is 1. The van der Waals surface area contributed by atoms with E-state index >= 15 is 0 Å². The zero-order chi connectivity index (χ0) is 21.8. The molecule has 1 amide bonds. The average molecular weight is 422 g/mol. The third kappa shape index (κ3) is 4.07. The van der Waals surface area contributed by atoms with Crippen LogP contribution in [0.25, 0.3) is 22.6 Å². The van der Waals surface area contributed by atoms with E-state index in [-0.39, 0.29) is 5.91 Å². The van der Waals surface area contributed by atoms with Gasteiger partial charge in [0.25, 0.3) is 5.91 Å². The number of para-hydroxylation sites is 1. The summed E-state index contributed by atoms with van der Waals surface area (Å²) in [7, 11) is 0. The lowest BCUT2D eigenvalue weighted by molar-refractivity contribution is 0.0956. The van der Waals surface area contributed by atoms with Crippen LogP contribution in [-0.2, 0) is 6.42 Å². The summed E-state index contributed by atoms with van der Waals surface area (Å²) in [6.07, 6.45) is 8.79. The summed E-state index contributed by atoms with van der Waals surface area (Å²) < 4.78 is 0. The quantitative estimate of drug-likeness (QED) is 0.453. The van der Waals surface area contributed by atoms with Gasteiger partial charge in [-0.25, -0.2) is 9.97 Å². The highest BCUT2D eigenvalue weighted by atomic mass is 16.1. The first-order chi connectivity index (χ1) is 15.8. The van der Waals surface area contributed by atoms with Gasteiger partial charge in [-0.1, -0.05) is 48.5 Å². The number of pyridine rings is 1. The lowest BCUT2D eigenvalue weighted by Crippen LogP contribution is -2.30. The molecule has 0 saturated heterocycles. The summed E-state index contributed by atoms with van der Waals surface area (Å²) in [4.78, 5) is 26.4. The van der Waals surface area contributed by atoms with Gasteiger partial charge in [0.2, 0.25) is 0 Å². The number of rotatable bonds is 6. The van der Waals surface area contributed by atoms with Gasteiger partial charge in [0, 0.05) is 30.9 Å². The molecule has 0 fully saturated rings. The van der Waals surface area contributed by atoms with E-state index < -0.39 is 0 Å². The van der Waals surface area contributed by atoms with Gasteiger partial charge in [-0.2, -0.15) is 0 Å². The Morgan fingerprint density at radius 1 is 0.969 bits per heavy atom. The normalized spacial score (nSPS) is 13.8. The Labute approximate surface area is 186 Å². The minimum atomic E-state index is -0.0678. The van der Waals surface area contributed by atoms with Gasteiger partial charge >= 0.3 is 0 Å². The highest BCUT2D eigenvalue weighted by Gasteiger charge is 2.26. The summed E-state index contributed by atoms with van der Waals surface area (Å²) in [6, 6.07) is 18.1. The summed E-state index contributed by atoms with van der Waals surface area (Å²) in [5, 5.41) is 7.12. The number of anilines is 1. The van der Waals surface area contributed by atoms with Crippen LogP contribution in [0.4, 0.5) is 5.82 Å². The SMILES string of the molecule is O=C(NCCNc1cnccn1)c1c2c(nc3ccccc13)/C(=C\c1ccccc1)CC2. The summed E-state index contributed by atoms with van der Waals surface area (Å²) >= 11 is 0. The molecule has 0 bridgehead atoms. The number of carbonyl (C=O) groups is 1. The molecule has 1 aliphatic carbocycles. The van der Waals surface area contributed by atoms with Crippen LogP contribution < -0.4 is 10.6 Å². The van der Waals surface area contributed by atoms with Crippen molar-refractivity contribution in [1.29, 1.82) is 0 Å². The molecule has 1 aliphatic rings. The van der Waals surface area contributed by atoms with Crippen LogP contribution in [0.2, 0.25) is 0 Å². The lowest BCUT2D eigenvalue weighted by Gasteiger charge is -2.13. The number of allylic oxidation sites excluding steroid dienone is 1. The van der Waals surface area contributed by atoms with Crippen molar-refractivity contribution >= 4 is 34.3 Å². The van der Waals surface area contributed by atoms with Gasteiger partial charge in [0.1, 0.15) is 5.82 Å². The van der Waals surface area contributed by atoms with Crippen LogP contribution in [0.5, 0.6) is 0 Å². The van der Waals surface area contributed by atoms with Gasteiger partial charge in [-0.15, -0.1) is 0 Å². The number of fused-ring (bicyclic) bond motifs is 2. The Balaban J connectivity index is 1.42. The molecule has 0 saturated carbocycles. The zero-order valence-corrected chi connectivity index (χ0v) is 17.6. The molecule has 158 valence electrons. The Morgan fingerprint density at radius 2 is 1.81 bits per heavy atom. The fraction of sp³-hybridized carbons (Fsp3) is 0.154. The number of hydrogen-bond acceptors (Lipinski definition) is 5. The second-order valence-electron chi connectivity index (χ2n) is 7.68. The number of benzene rings is 2. The number of aromatic nitrogens is 3. The molecule has 2 heterocycles. The Kier molecular flexibility index (Phi) is 5.58. The Morgan fingerprint density at radius 3 is 2.66 bits per heavy atom. The maximum atomic E-state index is 13.3. The largest absolute Gasteiger partial charge is 0.367 e. The van der Waals surface area contributed by atoms with Gasteiger partial charge in [0.15, 0.2) is 0 Å². The molecule has 0 aliphatic heterocycles. The minimum absolute atomic E-state index is 0.0678. The average Bonchev–Trinajstić information content (AvgIpc) is 3.23. The first-order valence-electron chi connectivity index (χ1n) is 10.8. The maximum absolute atomic E-state index is 13.3. The van der Waals surface area contributed by atoms with Gasteiger partial charge in [-0.3, -0.25) is 9.78 Å². The van der Waals surface area contributed by atoms with Crippen molar-refractivity contribution < 1.29 is 4.79 Å². The van der Waals surface area contributed by atoms with Crippen molar-refractivity contribution in [2.24, 2.45) is 0 Å². The second-order valence-corrected chi connectivity index (χ2v) is 7.68. The monoisotopic (exact) mass is 421 g/mol. The van der Waals surface area contributed by atoms with Crippen LogP contribution in [-0.4, -0.2) is 33.9 Å². The molecule has 2 N–H and O–H groups in total. The lowest BCUT2D eigenvalue weighted by atomic mass is 10.00. The van der Waals surface area contributed by atoms with E-state index in [9.17, 15) is 4.79 Å². The molecule has 4 aromatic rings. The van der Waals surface area contributed by atoms with E-state index in [1.54, 1.807) is 18.6 Å². The van der Waals surface area contributed by atoms with Crippen molar-refractivity contribution in [2.75, 3.05) is 18.4 Å². The molecular weight excluding hydrogens is 398 g/mol. The van der Waals surface area contributed by atoms with Gasteiger partial charge in [-0.05, 0) is 41.7 Å². The molecule has 6 heteroatoms. The molecule has 5 rings (SSSR count). The zero-order valence-electron chi connectivity index (χ0n) is 17.6. The molecular formula is C26H23N5O. The van der Waals surface area contributed by atoms with Crippen molar-refractivity contribution in [3.05, 3.63) is 95.6 Å². The van der Waals surface area contributed by atoms with E-state index in [1.165, 1.54) is 5.57 Å². The highest BCUT2D eigenvalue weighted by molar-refractivity contribution is 6.09. The molecule has 2 aromatic heterocycles. The van der Waals surface area contributed by atoms with Crippen LogP contribution in [0, 0.1) is 0 Å². The number of nitrogens with zero attached hydrogens (tertiary/aromatic N) is 3. The predicted octanol–water partition coefficient (Wildman–Crippen LogP) is 4.35. The number of nitrogens with one attached hydrogen (secondary N) is 2. The molecule has 0 atom stereocenters. The van der Waals surface area contributed by atoms with Crippen LogP contribution >= 0.6 is 0 Å². The van der Waals surface area contributed by atoms with Crippen molar-refractivity contribution in [2.45, 2.75) is 12.8 Å². The fourth-order valence-electron chi connectivity index (χ4n) is 4.13. The molecule has 2 aromatic carbocycles. The van der Waals surface area contributed by atoms with Crippen LogP contribution in [0.3, 0.4) is 0 Å². The molecule has 0 radical (unpaired) electrons. The van der Waals surface area contributed by atoms with E-state index in [2.05, 4.69) is 38.8 Å².